The van der Waals surface area contributed by atoms with Crippen LogP contribution in [-0.4, -0.2) is 13.7 Å². The molecule has 0 aliphatic carbocycles. The number of ether oxygens (including phenoxy) is 1. The van der Waals surface area contributed by atoms with Gasteiger partial charge in [-0.1, -0.05) is 23.7 Å². The van der Waals surface area contributed by atoms with Crippen LogP contribution in [0, 0.1) is 0 Å². The maximum atomic E-state index is 6.03. The summed E-state index contributed by atoms with van der Waals surface area (Å²) in [6.07, 6.45) is 0. The molecule has 0 radical (unpaired) electrons. The highest BCUT2D eigenvalue weighted by Crippen LogP contribution is 2.21. The molecule has 0 saturated carbocycles. The minimum atomic E-state index is -0.473. The van der Waals surface area contributed by atoms with Gasteiger partial charge in [0.2, 0.25) is 0 Å². The number of rotatable bonds is 3. The highest BCUT2D eigenvalue weighted by molar-refractivity contribution is 6.30. The van der Waals surface area contributed by atoms with Gasteiger partial charge in [-0.3, -0.25) is 0 Å². The van der Waals surface area contributed by atoms with Crippen LogP contribution in [0.15, 0.2) is 24.3 Å². The SMILES string of the molecule is COCC(C)(N)c1cccc(Cl)c1.Cl. The topological polar surface area (TPSA) is 35.2 Å². The number of halogens is 2. The Labute approximate surface area is 95.8 Å². The van der Waals surface area contributed by atoms with Crippen LogP contribution in [0.4, 0.5) is 0 Å². The van der Waals surface area contributed by atoms with Crippen molar-refractivity contribution in [2.75, 3.05) is 13.7 Å². The van der Waals surface area contributed by atoms with Crippen molar-refractivity contribution in [3.05, 3.63) is 34.9 Å². The molecule has 0 saturated heterocycles. The first kappa shape index (κ1) is 13.7. The van der Waals surface area contributed by atoms with E-state index in [4.69, 9.17) is 22.1 Å². The molecule has 80 valence electrons. The molecule has 0 heterocycles. The summed E-state index contributed by atoms with van der Waals surface area (Å²) in [6.45, 7) is 2.40. The lowest BCUT2D eigenvalue weighted by Gasteiger charge is -2.24. The smallest absolute Gasteiger partial charge is 0.0681 e. The molecule has 1 unspecified atom stereocenters. The van der Waals surface area contributed by atoms with Crippen LogP contribution in [0.25, 0.3) is 0 Å². The third-order valence-electron chi connectivity index (χ3n) is 1.93. The molecule has 4 heteroatoms. The largest absolute Gasteiger partial charge is 0.382 e. The molecule has 0 fully saturated rings. The quantitative estimate of drug-likeness (QED) is 0.875. The second kappa shape index (κ2) is 5.56. The van der Waals surface area contributed by atoms with E-state index in [1.165, 1.54) is 0 Å². The van der Waals surface area contributed by atoms with Gasteiger partial charge in [0.15, 0.2) is 0 Å². The van der Waals surface area contributed by atoms with Crippen molar-refractivity contribution in [3.8, 4) is 0 Å². The summed E-state index contributed by atoms with van der Waals surface area (Å²) in [4.78, 5) is 0. The Morgan fingerprint density at radius 1 is 1.50 bits per heavy atom. The minimum Gasteiger partial charge on any atom is -0.382 e. The zero-order valence-electron chi connectivity index (χ0n) is 8.29. The second-order valence-electron chi connectivity index (χ2n) is 3.36. The van der Waals surface area contributed by atoms with Crippen molar-refractivity contribution >= 4 is 24.0 Å². The van der Waals surface area contributed by atoms with E-state index in [2.05, 4.69) is 0 Å². The highest BCUT2D eigenvalue weighted by atomic mass is 35.5. The van der Waals surface area contributed by atoms with Crippen LogP contribution in [-0.2, 0) is 10.3 Å². The zero-order chi connectivity index (χ0) is 9.90. The van der Waals surface area contributed by atoms with Crippen molar-refractivity contribution in [2.45, 2.75) is 12.5 Å². The fourth-order valence-electron chi connectivity index (χ4n) is 1.23. The third kappa shape index (κ3) is 3.46. The number of hydrogen-bond acceptors (Lipinski definition) is 2. The van der Waals surface area contributed by atoms with E-state index in [1.54, 1.807) is 7.11 Å². The van der Waals surface area contributed by atoms with Gasteiger partial charge in [-0.05, 0) is 24.6 Å². The Morgan fingerprint density at radius 2 is 2.14 bits per heavy atom. The Kier molecular flexibility index (Phi) is 5.45. The predicted molar refractivity (Wildman–Crippen MR) is 62.1 cm³/mol. The Bertz CT molecular complexity index is 289. The summed E-state index contributed by atoms with van der Waals surface area (Å²) in [5.41, 5.74) is 6.55. The van der Waals surface area contributed by atoms with Crippen molar-refractivity contribution in [3.63, 3.8) is 0 Å². The van der Waals surface area contributed by atoms with E-state index >= 15 is 0 Å². The van der Waals surface area contributed by atoms with E-state index in [-0.39, 0.29) is 12.4 Å². The molecule has 14 heavy (non-hydrogen) atoms. The van der Waals surface area contributed by atoms with Crippen LogP contribution in [0.5, 0.6) is 0 Å². The molecule has 0 bridgehead atoms. The molecule has 1 rings (SSSR count). The third-order valence-corrected chi connectivity index (χ3v) is 2.16. The van der Waals surface area contributed by atoms with E-state index in [0.29, 0.717) is 11.6 Å². The van der Waals surface area contributed by atoms with Gasteiger partial charge in [-0.15, -0.1) is 12.4 Å². The van der Waals surface area contributed by atoms with Gasteiger partial charge in [-0.2, -0.15) is 0 Å². The van der Waals surface area contributed by atoms with Gasteiger partial charge >= 0.3 is 0 Å². The monoisotopic (exact) mass is 235 g/mol. The van der Waals surface area contributed by atoms with Crippen molar-refractivity contribution < 1.29 is 4.74 Å². The first-order valence-electron chi connectivity index (χ1n) is 4.10. The van der Waals surface area contributed by atoms with E-state index < -0.39 is 5.54 Å². The fourth-order valence-corrected chi connectivity index (χ4v) is 1.42. The van der Waals surface area contributed by atoms with Gasteiger partial charge in [0.1, 0.15) is 0 Å². The van der Waals surface area contributed by atoms with Crippen LogP contribution in [0.2, 0.25) is 5.02 Å². The molecule has 0 spiro atoms. The Balaban J connectivity index is 0.00000169. The summed E-state index contributed by atoms with van der Waals surface area (Å²) in [5.74, 6) is 0. The second-order valence-corrected chi connectivity index (χ2v) is 3.80. The molecule has 0 aliphatic heterocycles. The normalized spacial score (nSPS) is 14.3. The molecule has 2 N–H and O–H groups in total. The fraction of sp³-hybridized carbons (Fsp3) is 0.400. The number of nitrogens with two attached hydrogens (primary N) is 1. The Morgan fingerprint density at radius 3 is 2.64 bits per heavy atom. The molecule has 0 aliphatic rings. The summed E-state index contributed by atoms with van der Waals surface area (Å²) < 4.78 is 5.03. The van der Waals surface area contributed by atoms with Crippen LogP contribution >= 0.6 is 24.0 Å². The molecule has 0 amide bonds. The van der Waals surface area contributed by atoms with E-state index in [9.17, 15) is 0 Å². The highest BCUT2D eigenvalue weighted by Gasteiger charge is 2.20. The first-order chi connectivity index (χ1) is 6.06. The molecule has 1 aromatic carbocycles. The van der Waals surface area contributed by atoms with Crippen LogP contribution in [0.1, 0.15) is 12.5 Å². The first-order valence-corrected chi connectivity index (χ1v) is 4.48. The predicted octanol–water partition coefficient (Wildman–Crippen LogP) is 2.58. The summed E-state index contributed by atoms with van der Waals surface area (Å²) in [5, 5.41) is 0.699. The lowest BCUT2D eigenvalue weighted by Crippen LogP contribution is -2.37. The van der Waals surface area contributed by atoms with E-state index in [0.717, 1.165) is 5.56 Å². The average Bonchev–Trinajstić information content (AvgIpc) is 2.04. The lowest BCUT2D eigenvalue weighted by atomic mass is 9.94. The zero-order valence-corrected chi connectivity index (χ0v) is 9.86. The van der Waals surface area contributed by atoms with Gasteiger partial charge < -0.3 is 10.5 Å². The van der Waals surface area contributed by atoms with E-state index in [1.807, 2.05) is 31.2 Å². The molecule has 0 aromatic heterocycles. The minimum absolute atomic E-state index is 0. The van der Waals surface area contributed by atoms with Crippen molar-refractivity contribution in [1.82, 2.24) is 0 Å². The summed E-state index contributed by atoms with van der Waals surface area (Å²) in [6, 6.07) is 7.53. The van der Waals surface area contributed by atoms with Crippen molar-refractivity contribution in [1.29, 1.82) is 0 Å². The number of hydrogen-bond donors (Lipinski definition) is 1. The molecule has 2 nitrogen and oxygen atoms in total. The molecule has 1 atom stereocenters. The van der Waals surface area contributed by atoms with Gasteiger partial charge in [0.05, 0.1) is 12.1 Å². The van der Waals surface area contributed by atoms with Crippen LogP contribution in [0.3, 0.4) is 0 Å². The Hall–Kier alpha value is -0.280. The molecular weight excluding hydrogens is 221 g/mol. The maximum absolute atomic E-state index is 6.03. The van der Waals surface area contributed by atoms with Crippen molar-refractivity contribution in [2.24, 2.45) is 5.73 Å². The number of methoxy groups -OCH3 is 1. The maximum Gasteiger partial charge on any atom is 0.0681 e. The molecule has 1 aromatic rings. The van der Waals surface area contributed by atoms with Gasteiger partial charge in [-0.25, -0.2) is 0 Å². The van der Waals surface area contributed by atoms with Crippen LogP contribution < -0.4 is 5.73 Å². The summed E-state index contributed by atoms with van der Waals surface area (Å²) in [7, 11) is 1.63. The number of benzene rings is 1. The standard InChI is InChI=1S/C10H14ClNO.ClH/c1-10(12,7-13-2)8-4-3-5-9(11)6-8;/h3-6H,7,12H2,1-2H3;1H. The lowest BCUT2D eigenvalue weighted by molar-refractivity contribution is 0.141. The molecular formula is C10H15Cl2NO. The van der Waals surface area contributed by atoms with Gasteiger partial charge in [0, 0.05) is 12.1 Å². The average molecular weight is 236 g/mol. The summed E-state index contributed by atoms with van der Waals surface area (Å²) >= 11 is 5.85. The van der Waals surface area contributed by atoms with Gasteiger partial charge in [0.25, 0.3) is 0 Å².